The Balaban J connectivity index is 2.37. The average Bonchev–Trinajstić information content (AvgIpc) is 3.03. The fourth-order valence-corrected chi connectivity index (χ4v) is 3.57. The number of cyclic esters (lactones) is 1. The summed E-state index contributed by atoms with van der Waals surface area (Å²) in [5.41, 5.74) is 2.89. The lowest BCUT2D eigenvalue weighted by Crippen LogP contribution is -2.03. The van der Waals surface area contributed by atoms with Crippen LogP contribution in [0.25, 0.3) is 0 Å². The molecule has 0 spiro atoms. The SMILES string of the molecule is COc1c(C)c2c(c(O)c1CC=C(C)C=CP(=O)(OC)OC)C(=O)OC2. The van der Waals surface area contributed by atoms with E-state index in [0.29, 0.717) is 23.3 Å². The highest BCUT2D eigenvalue weighted by atomic mass is 31.2. The number of hydrogen-bond donors (Lipinski definition) is 1. The second-order valence-electron chi connectivity index (χ2n) is 5.79. The summed E-state index contributed by atoms with van der Waals surface area (Å²) in [5.74, 6) is 1.22. The minimum atomic E-state index is -3.24. The third-order valence-electron chi connectivity index (χ3n) is 4.30. The Morgan fingerprint density at radius 2 is 1.96 bits per heavy atom. The molecule has 1 aromatic carbocycles. The monoisotopic (exact) mass is 382 g/mol. The molecule has 7 nitrogen and oxygen atoms in total. The van der Waals surface area contributed by atoms with Crippen LogP contribution in [0.4, 0.5) is 0 Å². The molecule has 1 aliphatic heterocycles. The Morgan fingerprint density at radius 3 is 2.54 bits per heavy atom. The van der Waals surface area contributed by atoms with Crippen molar-refractivity contribution >= 4 is 13.6 Å². The van der Waals surface area contributed by atoms with Gasteiger partial charge in [0.05, 0.1) is 7.11 Å². The number of hydrogen-bond acceptors (Lipinski definition) is 7. The predicted molar refractivity (Wildman–Crippen MR) is 96.7 cm³/mol. The molecule has 8 heteroatoms. The number of phenolic OH excluding ortho intramolecular Hbond substituents is 1. The van der Waals surface area contributed by atoms with Gasteiger partial charge in [-0.15, -0.1) is 0 Å². The summed E-state index contributed by atoms with van der Waals surface area (Å²) in [5, 5.41) is 10.6. The van der Waals surface area contributed by atoms with Crippen LogP contribution in [0.1, 0.15) is 34.0 Å². The van der Waals surface area contributed by atoms with Crippen LogP contribution in [-0.2, 0) is 31.4 Å². The third kappa shape index (κ3) is 3.85. The van der Waals surface area contributed by atoms with Crippen LogP contribution in [0.5, 0.6) is 11.5 Å². The summed E-state index contributed by atoms with van der Waals surface area (Å²) < 4.78 is 32.2. The van der Waals surface area contributed by atoms with Gasteiger partial charge < -0.3 is 23.6 Å². The number of esters is 1. The lowest BCUT2D eigenvalue weighted by molar-refractivity contribution is 0.0533. The van der Waals surface area contributed by atoms with Gasteiger partial charge in [0.15, 0.2) is 0 Å². The summed E-state index contributed by atoms with van der Waals surface area (Å²) in [4.78, 5) is 11.9. The first-order valence-electron chi connectivity index (χ1n) is 7.93. The van der Waals surface area contributed by atoms with Crippen molar-refractivity contribution in [1.29, 1.82) is 0 Å². The van der Waals surface area contributed by atoms with E-state index in [0.717, 1.165) is 11.1 Å². The lowest BCUT2D eigenvalue weighted by atomic mass is 9.95. The summed E-state index contributed by atoms with van der Waals surface area (Å²) in [6, 6.07) is 0. The van der Waals surface area contributed by atoms with Gasteiger partial charge in [-0.25, -0.2) is 4.79 Å². The first-order valence-corrected chi connectivity index (χ1v) is 9.54. The molecule has 26 heavy (non-hydrogen) atoms. The summed E-state index contributed by atoms with van der Waals surface area (Å²) in [6.07, 6.45) is 3.75. The smallest absolute Gasteiger partial charge is 0.353 e. The molecule has 0 atom stereocenters. The summed E-state index contributed by atoms with van der Waals surface area (Å²) >= 11 is 0. The van der Waals surface area contributed by atoms with Crippen molar-refractivity contribution in [2.24, 2.45) is 0 Å². The van der Waals surface area contributed by atoms with Gasteiger partial charge in [0.25, 0.3) is 0 Å². The van der Waals surface area contributed by atoms with Gasteiger partial charge >= 0.3 is 13.6 Å². The van der Waals surface area contributed by atoms with Crippen LogP contribution >= 0.6 is 7.60 Å². The molecule has 1 aliphatic rings. The fraction of sp³-hybridized carbons (Fsp3) is 0.389. The summed E-state index contributed by atoms with van der Waals surface area (Å²) in [7, 11) is 0.891. The van der Waals surface area contributed by atoms with E-state index < -0.39 is 13.6 Å². The molecule has 0 amide bonds. The number of carbonyl (C=O) groups excluding carboxylic acids is 1. The zero-order valence-corrected chi connectivity index (χ0v) is 16.4. The standard InChI is InChI=1S/C18H23O7P/c1-11(8-9-26(21,23-4)24-5)6-7-13-16(19)15-14(10-25-18(15)20)12(2)17(13)22-3/h6,8-9,19H,7,10H2,1-5H3. The van der Waals surface area contributed by atoms with Crippen molar-refractivity contribution in [3.8, 4) is 11.5 Å². The van der Waals surface area contributed by atoms with Gasteiger partial charge in [-0.1, -0.05) is 17.7 Å². The van der Waals surface area contributed by atoms with E-state index >= 15 is 0 Å². The summed E-state index contributed by atoms with van der Waals surface area (Å²) in [6.45, 7) is 3.77. The minimum Gasteiger partial charge on any atom is -0.507 e. The van der Waals surface area contributed by atoms with Gasteiger partial charge in [-0.2, -0.15) is 0 Å². The van der Waals surface area contributed by atoms with Crippen LogP contribution in [0.2, 0.25) is 0 Å². The van der Waals surface area contributed by atoms with Crippen LogP contribution in [0.3, 0.4) is 0 Å². The van der Waals surface area contributed by atoms with Crippen LogP contribution < -0.4 is 4.74 Å². The Morgan fingerprint density at radius 1 is 1.31 bits per heavy atom. The molecule has 1 heterocycles. The molecule has 0 unspecified atom stereocenters. The molecule has 0 radical (unpaired) electrons. The van der Waals surface area contributed by atoms with Gasteiger partial charge in [-0.3, -0.25) is 4.57 Å². The number of phenols is 1. The maximum absolute atomic E-state index is 12.0. The molecule has 0 fully saturated rings. The topological polar surface area (TPSA) is 91.3 Å². The average molecular weight is 382 g/mol. The van der Waals surface area contributed by atoms with Crippen LogP contribution in [0.15, 0.2) is 23.5 Å². The normalized spacial score (nSPS) is 14.7. The van der Waals surface area contributed by atoms with Crippen molar-refractivity contribution in [3.63, 3.8) is 0 Å². The van der Waals surface area contributed by atoms with Crippen LogP contribution in [0, 0.1) is 6.92 Å². The molecule has 0 bridgehead atoms. The first kappa shape index (κ1) is 20.2. The number of benzene rings is 1. The Hall–Kier alpha value is -2.08. The first-order chi connectivity index (χ1) is 12.3. The Kier molecular flexibility index (Phi) is 6.29. The van der Waals surface area contributed by atoms with Gasteiger partial charge in [-0.05, 0) is 25.8 Å². The molecule has 142 valence electrons. The van der Waals surface area contributed by atoms with E-state index in [1.165, 1.54) is 27.1 Å². The largest absolute Gasteiger partial charge is 0.507 e. The van der Waals surface area contributed by atoms with E-state index in [2.05, 4.69) is 0 Å². The third-order valence-corrected chi connectivity index (χ3v) is 5.84. The van der Waals surface area contributed by atoms with Gasteiger partial charge in [0.1, 0.15) is 23.7 Å². The van der Waals surface area contributed by atoms with Crippen molar-refractivity contribution in [2.75, 3.05) is 21.3 Å². The second kappa shape index (κ2) is 8.08. The second-order valence-corrected chi connectivity index (χ2v) is 7.90. The maximum atomic E-state index is 12.0. The molecule has 0 saturated heterocycles. The van der Waals surface area contributed by atoms with E-state index in [4.69, 9.17) is 18.5 Å². The van der Waals surface area contributed by atoms with Gasteiger partial charge in [0, 0.05) is 31.2 Å². The van der Waals surface area contributed by atoms with Crippen LogP contribution in [-0.4, -0.2) is 32.4 Å². The zero-order valence-electron chi connectivity index (χ0n) is 15.5. The van der Waals surface area contributed by atoms with Crippen molar-refractivity contribution in [1.82, 2.24) is 0 Å². The zero-order chi connectivity index (χ0) is 19.5. The predicted octanol–water partition coefficient (Wildman–Crippen LogP) is 3.87. The fourth-order valence-electron chi connectivity index (χ4n) is 2.76. The van der Waals surface area contributed by atoms with Crippen molar-refractivity contribution in [3.05, 3.63) is 45.8 Å². The van der Waals surface area contributed by atoms with Crippen molar-refractivity contribution in [2.45, 2.75) is 26.9 Å². The number of ether oxygens (including phenoxy) is 2. The highest BCUT2D eigenvalue weighted by molar-refractivity contribution is 7.57. The Bertz CT molecular complexity index is 816. The van der Waals surface area contributed by atoms with Crippen molar-refractivity contribution < 1.29 is 33.0 Å². The van der Waals surface area contributed by atoms with E-state index in [1.807, 2.05) is 19.9 Å². The number of rotatable bonds is 7. The number of aromatic hydroxyl groups is 1. The number of carbonyl (C=O) groups is 1. The molecular weight excluding hydrogens is 359 g/mol. The van der Waals surface area contributed by atoms with E-state index in [9.17, 15) is 14.5 Å². The quantitative estimate of drug-likeness (QED) is 0.435. The molecule has 0 aromatic heterocycles. The molecular formula is C18H23O7P. The highest BCUT2D eigenvalue weighted by Crippen LogP contribution is 2.48. The Labute approximate surface area is 152 Å². The highest BCUT2D eigenvalue weighted by Gasteiger charge is 2.31. The molecule has 2 rings (SSSR count). The van der Waals surface area contributed by atoms with E-state index in [-0.39, 0.29) is 17.9 Å². The molecule has 1 N–H and O–H groups in total. The minimum absolute atomic E-state index is 0.127. The number of methoxy groups -OCH3 is 1. The number of fused-ring (bicyclic) bond motifs is 1. The molecule has 0 aliphatic carbocycles. The molecule has 1 aromatic rings. The van der Waals surface area contributed by atoms with Gasteiger partial charge in [0.2, 0.25) is 0 Å². The molecule has 0 saturated carbocycles. The van der Waals surface area contributed by atoms with E-state index in [1.54, 1.807) is 6.08 Å². The number of allylic oxidation sites excluding steroid dienone is 3. The lowest BCUT2D eigenvalue weighted by Gasteiger charge is -2.15. The maximum Gasteiger partial charge on any atom is 0.353 e.